The lowest BCUT2D eigenvalue weighted by Gasteiger charge is -2.36. The Morgan fingerprint density at radius 2 is 2.17 bits per heavy atom. The topological polar surface area (TPSA) is 75.5 Å². The number of likely N-dealkylation sites (N-methyl/N-ethyl adjacent to an activating group) is 1. The van der Waals surface area contributed by atoms with Crippen LogP contribution in [0.3, 0.4) is 0 Å². The van der Waals surface area contributed by atoms with Crippen LogP contribution in [0.1, 0.15) is 32.4 Å². The van der Waals surface area contributed by atoms with Crippen LogP contribution in [0, 0.1) is 0 Å². The number of hydrogen-bond donors (Lipinski definition) is 0. The van der Waals surface area contributed by atoms with Gasteiger partial charge in [0.25, 0.3) is 0 Å². The maximum Gasteiger partial charge on any atom is 0.237 e. The molecule has 1 atom stereocenters. The predicted octanol–water partition coefficient (Wildman–Crippen LogP) is 0.541. The van der Waals surface area contributed by atoms with Crippen LogP contribution in [0.4, 0.5) is 0 Å². The molecule has 2 heterocycles. The minimum Gasteiger partial charge on any atom is -0.332 e. The zero-order chi connectivity index (χ0) is 17.2. The summed E-state index contributed by atoms with van der Waals surface area (Å²) >= 11 is 0. The molecule has 1 aliphatic rings. The van der Waals surface area contributed by atoms with E-state index in [1.807, 2.05) is 38.9 Å². The Labute approximate surface area is 138 Å². The van der Waals surface area contributed by atoms with Crippen molar-refractivity contribution in [2.75, 3.05) is 31.6 Å². The first-order valence-electron chi connectivity index (χ1n) is 7.96. The molecule has 0 aromatic carbocycles. The molecule has 23 heavy (non-hydrogen) atoms. The molecular formula is C15H26N4O3S. The minimum atomic E-state index is -3.13. The SMILES string of the molecule is CCn1cc([C@@H]2CS(=O)(=O)CCN2C(=O)CN(C)C(C)C)cn1. The molecule has 1 aliphatic heterocycles. The van der Waals surface area contributed by atoms with Crippen molar-refractivity contribution >= 4 is 15.7 Å². The van der Waals surface area contributed by atoms with Gasteiger partial charge in [0.2, 0.25) is 5.91 Å². The first-order chi connectivity index (χ1) is 10.7. The van der Waals surface area contributed by atoms with Crippen LogP contribution in [0.5, 0.6) is 0 Å². The molecule has 0 N–H and O–H groups in total. The molecule has 130 valence electrons. The zero-order valence-electron chi connectivity index (χ0n) is 14.3. The number of nitrogens with zero attached hydrogens (tertiary/aromatic N) is 4. The molecule has 1 amide bonds. The van der Waals surface area contributed by atoms with E-state index in [1.54, 1.807) is 15.8 Å². The molecule has 0 bridgehead atoms. The average Bonchev–Trinajstić information content (AvgIpc) is 2.94. The lowest BCUT2D eigenvalue weighted by atomic mass is 10.1. The predicted molar refractivity (Wildman–Crippen MR) is 88.8 cm³/mol. The Balaban J connectivity index is 2.23. The zero-order valence-corrected chi connectivity index (χ0v) is 15.1. The number of rotatable bonds is 5. The molecule has 0 unspecified atom stereocenters. The van der Waals surface area contributed by atoms with Crippen molar-refractivity contribution < 1.29 is 13.2 Å². The van der Waals surface area contributed by atoms with Gasteiger partial charge in [-0.05, 0) is 27.8 Å². The second-order valence-electron chi connectivity index (χ2n) is 6.36. The van der Waals surface area contributed by atoms with Crippen molar-refractivity contribution in [1.82, 2.24) is 19.6 Å². The van der Waals surface area contributed by atoms with Crippen LogP contribution in [-0.4, -0.2) is 71.6 Å². The molecule has 0 aliphatic carbocycles. The summed E-state index contributed by atoms with van der Waals surface area (Å²) in [4.78, 5) is 16.3. The van der Waals surface area contributed by atoms with Crippen LogP contribution in [0.15, 0.2) is 12.4 Å². The maximum atomic E-state index is 12.6. The van der Waals surface area contributed by atoms with E-state index >= 15 is 0 Å². The van der Waals surface area contributed by atoms with Crippen molar-refractivity contribution in [3.8, 4) is 0 Å². The lowest BCUT2D eigenvalue weighted by Crippen LogP contribution is -2.49. The van der Waals surface area contributed by atoms with E-state index in [-0.39, 0.29) is 36.5 Å². The smallest absolute Gasteiger partial charge is 0.237 e. The van der Waals surface area contributed by atoms with Gasteiger partial charge in [-0.25, -0.2) is 8.42 Å². The summed E-state index contributed by atoms with van der Waals surface area (Å²) < 4.78 is 25.8. The first kappa shape index (κ1) is 17.9. The van der Waals surface area contributed by atoms with Gasteiger partial charge < -0.3 is 4.90 Å². The Morgan fingerprint density at radius 1 is 1.48 bits per heavy atom. The van der Waals surface area contributed by atoms with Gasteiger partial charge in [-0.2, -0.15) is 5.10 Å². The fraction of sp³-hybridized carbons (Fsp3) is 0.733. The number of hydrogen-bond acceptors (Lipinski definition) is 5. The average molecular weight is 342 g/mol. The largest absolute Gasteiger partial charge is 0.332 e. The van der Waals surface area contributed by atoms with Crippen molar-refractivity contribution in [2.24, 2.45) is 0 Å². The molecule has 2 rings (SSSR count). The molecule has 0 spiro atoms. The van der Waals surface area contributed by atoms with Crippen LogP contribution in [0.25, 0.3) is 0 Å². The second-order valence-corrected chi connectivity index (χ2v) is 8.58. The Morgan fingerprint density at radius 3 is 2.74 bits per heavy atom. The van der Waals surface area contributed by atoms with Gasteiger partial charge >= 0.3 is 0 Å². The molecule has 0 radical (unpaired) electrons. The first-order valence-corrected chi connectivity index (χ1v) is 9.78. The van der Waals surface area contributed by atoms with E-state index in [0.717, 1.165) is 5.56 Å². The van der Waals surface area contributed by atoms with E-state index < -0.39 is 15.9 Å². The van der Waals surface area contributed by atoms with Crippen molar-refractivity contribution in [1.29, 1.82) is 0 Å². The third kappa shape index (κ3) is 4.32. The Kier molecular flexibility index (Phi) is 5.46. The monoisotopic (exact) mass is 342 g/mol. The third-order valence-corrected chi connectivity index (χ3v) is 6.01. The summed E-state index contributed by atoms with van der Waals surface area (Å²) in [5.41, 5.74) is 0.788. The minimum absolute atomic E-state index is 0.0282. The number of aryl methyl sites for hydroxylation is 1. The Bertz CT molecular complexity index is 653. The van der Waals surface area contributed by atoms with Gasteiger partial charge in [0, 0.05) is 30.9 Å². The number of amides is 1. The van der Waals surface area contributed by atoms with E-state index in [0.29, 0.717) is 6.54 Å². The fourth-order valence-electron chi connectivity index (χ4n) is 2.59. The summed E-state index contributed by atoms with van der Waals surface area (Å²) in [5, 5.41) is 4.21. The molecule has 7 nitrogen and oxygen atoms in total. The van der Waals surface area contributed by atoms with Crippen LogP contribution < -0.4 is 0 Å². The highest BCUT2D eigenvalue weighted by atomic mass is 32.2. The van der Waals surface area contributed by atoms with Gasteiger partial charge in [-0.15, -0.1) is 0 Å². The van der Waals surface area contributed by atoms with Crippen molar-refractivity contribution in [2.45, 2.75) is 39.4 Å². The van der Waals surface area contributed by atoms with Gasteiger partial charge in [-0.1, -0.05) is 0 Å². The highest BCUT2D eigenvalue weighted by molar-refractivity contribution is 7.91. The molecule has 1 saturated heterocycles. The fourth-order valence-corrected chi connectivity index (χ4v) is 4.09. The molecule has 1 fully saturated rings. The number of aromatic nitrogens is 2. The van der Waals surface area contributed by atoms with E-state index in [4.69, 9.17) is 0 Å². The summed E-state index contributed by atoms with van der Waals surface area (Å²) in [6.45, 7) is 7.26. The van der Waals surface area contributed by atoms with Gasteiger partial charge in [-0.3, -0.25) is 14.4 Å². The van der Waals surface area contributed by atoms with Crippen molar-refractivity contribution in [3.05, 3.63) is 18.0 Å². The van der Waals surface area contributed by atoms with Gasteiger partial charge in [0.05, 0.1) is 30.3 Å². The van der Waals surface area contributed by atoms with E-state index in [1.165, 1.54) is 0 Å². The summed E-state index contributed by atoms with van der Waals surface area (Å²) in [7, 11) is -1.24. The molecule has 1 aromatic heterocycles. The van der Waals surface area contributed by atoms with E-state index in [2.05, 4.69) is 5.10 Å². The highest BCUT2D eigenvalue weighted by Crippen LogP contribution is 2.27. The second kappa shape index (κ2) is 7.00. The van der Waals surface area contributed by atoms with Crippen LogP contribution in [-0.2, 0) is 21.2 Å². The highest BCUT2D eigenvalue weighted by Gasteiger charge is 2.36. The molecule has 0 saturated carbocycles. The lowest BCUT2D eigenvalue weighted by molar-refractivity contribution is -0.134. The maximum absolute atomic E-state index is 12.6. The number of carbonyl (C=O) groups is 1. The summed E-state index contributed by atoms with van der Waals surface area (Å²) in [6, 6.07) is -0.184. The molecule has 1 aromatic rings. The number of carbonyl (C=O) groups excluding carboxylic acids is 1. The normalized spacial score (nSPS) is 21.1. The van der Waals surface area contributed by atoms with Crippen molar-refractivity contribution in [3.63, 3.8) is 0 Å². The Hall–Kier alpha value is -1.41. The number of sulfone groups is 1. The van der Waals surface area contributed by atoms with Gasteiger partial charge in [0.1, 0.15) is 0 Å². The quantitative estimate of drug-likeness (QED) is 0.781. The summed E-state index contributed by atoms with van der Waals surface area (Å²) in [6.07, 6.45) is 3.50. The van der Waals surface area contributed by atoms with Gasteiger partial charge in [0.15, 0.2) is 9.84 Å². The molecular weight excluding hydrogens is 316 g/mol. The third-order valence-electron chi connectivity index (χ3n) is 4.38. The molecule has 8 heteroatoms. The van der Waals surface area contributed by atoms with Crippen LogP contribution >= 0.6 is 0 Å². The van der Waals surface area contributed by atoms with Crippen LogP contribution in [0.2, 0.25) is 0 Å². The standard InChI is InChI=1S/C15H26N4O3S/c1-5-18-9-13(8-16-18)14-11-23(21,22)7-6-19(14)15(20)10-17(4)12(2)3/h8-9,12,14H,5-7,10-11H2,1-4H3/t14-/m0/s1. The summed E-state index contributed by atoms with van der Waals surface area (Å²) in [5.74, 6) is -0.0346. The van der Waals surface area contributed by atoms with E-state index in [9.17, 15) is 13.2 Å².